The predicted octanol–water partition coefficient (Wildman–Crippen LogP) is 1.66. The number of anilines is 1. The van der Waals surface area contributed by atoms with Crippen molar-refractivity contribution >= 4 is 18.3 Å². The quantitative estimate of drug-likeness (QED) is 0.397. The van der Waals surface area contributed by atoms with Crippen molar-refractivity contribution in [3.63, 3.8) is 0 Å². The number of aryl methyl sites for hydroxylation is 1. The van der Waals surface area contributed by atoms with Gasteiger partial charge in [-0.05, 0) is 44.6 Å². The van der Waals surface area contributed by atoms with E-state index in [0.717, 1.165) is 25.0 Å². The number of aromatic nitrogens is 2. The van der Waals surface area contributed by atoms with Gasteiger partial charge in [-0.15, -0.1) is 0 Å². The predicted molar refractivity (Wildman–Crippen MR) is 87.8 cm³/mol. The number of amides is 2. The molecule has 1 aliphatic carbocycles. The lowest BCUT2D eigenvalue weighted by molar-refractivity contribution is -0.163. The molecule has 1 aliphatic rings. The van der Waals surface area contributed by atoms with Gasteiger partial charge in [0, 0.05) is 11.9 Å². The molecule has 8 heteroatoms. The van der Waals surface area contributed by atoms with Crippen molar-refractivity contribution in [2.24, 2.45) is 11.3 Å². The fourth-order valence-corrected chi connectivity index (χ4v) is 3.20. The van der Waals surface area contributed by atoms with Crippen LogP contribution in [0.25, 0.3) is 0 Å². The molecule has 1 saturated carbocycles. The fourth-order valence-electron chi connectivity index (χ4n) is 3.20. The van der Waals surface area contributed by atoms with Crippen LogP contribution in [-0.4, -0.2) is 39.1 Å². The van der Waals surface area contributed by atoms with Crippen LogP contribution in [-0.2, 0) is 9.59 Å². The Hall–Kier alpha value is -2.22. The summed E-state index contributed by atoms with van der Waals surface area (Å²) >= 11 is 0. The van der Waals surface area contributed by atoms with Gasteiger partial charge in [-0.1, -0.05) is 13.3 Å². The van der Waals surface area contributed by atoms with E-state index >= 15 is 0 Å². The average molecular weight is 335 g/mol. The van der Waals surface area contributed by atoms with Crippen LogP contribution in [0.5, 0.6) is 0 Å². The highest BCUT2D eigenvalue weighted by molar-refractivity contribution is 5.84. The number of hydroxylamine groups is 2. The van der Waals surface area contributed by atoms with E-state index in [1.807, 2.05) is 6.92 Å². The van der Waals surface area contributed by atoms with Crippen LogP contribution in [0.1, 0.15) is 44.7 Å². The zero-order valence-corrected chi connectivity index (χ0v) is 14.2. The maximum absolute atomic E-state index is 12.7. The Morgan fingerprint density at radius 3 is 2.79 bits per heavy atom. The molecule has 0 radical (unpaired) electrons. The molecule has 1 heterocycles. The highest BCUT2D eigenvalue weighted by Gasteiger charge is 2.43. The number of carbonyl (C=O) groups excluding carboxylic acids is 2. The number of hydrazine groups is 1. The largest absolute Gasteiger partial charge is 0.286 e. The van der Waals surface area contributed by atoms with E-state index in [0.29, 0.717) is 36.2 Å². The molecule has 132 valence electrons. The minimum atomic E-state index is -0.807. The van der Waals surface area contributed by atoms with Crippen LogP contribution in [0.15, 0.2) is 12.3 Å². The summed E-state index contributed by atoms with van der Waals surface area (Å²) in [7, 11) is 0. The van der Waals surface area contributed by atoms with E-state index in [2.05, 4.69) is 27.7 Å². The van der Waals surface area contributed by atoms with Crippen molar-refractivity contribution in [3.8, 4) is 0 Å². The Morgan fingerprint density at radius 2 is 2.21 bits per heavy atom. The second-order valence-corrected chi connectivity index (χ2v) is 6.44. The zero-order chi connectivity index (χ0) is 17.6. The van der Waals surface area contributed by atoms with E-state index in [-0.39, 0.29) is 12.5 Å². The smallest absolute Gasteiger partial charge is 0.246 e. The van der Waals surface area contributed by atoms with Gasteiger partial charge in [0.15, 0.2) is 0 Å². The van der Waals surface area contributed by atoms with Crippen LogP contribution in [0.2, 0.25) is 0 Å². The Labute approximate surface area is 141 Å². The summed E-state index contributed by atoms with van der Waals surface area (Å²) in [6.07, 6.45) is 6.05. The Kier molecular flexibility index (Phi) is 6.08. The molecule has 1 fully saturated rings. The first kappa shape index (κ1) is 18.1. The number of rotatable bonds is 7. The summed E-state index contributed by atoms with van der Waals surface area (Å²) < 4.78 is 0. The third-order valence-corrected chi connectivity index (χ3v) is 4.79. The van der Waals surface area contributed by atoms with Crippen LogP contribution in [0.3, 0.4) is 0 Å². The number of hydrogen-bond acceptors (Lipinski definition) is 6. The SMILES string of the molecule is CC[C@H]1CC[C@](CN(O)C=O)(C(=O)NNc2nccc(C)n2)CC1. The summed E-state index contributed by atoms with van der Waals surface area (Å²) in [5.74, 6) is 0.627. The van der Waals surface area contributed by atoms with E-state index in [9.17, 15) is 14.8 Å². The van der Waals surface area contributed by atoms with Crippen LogP contribution in [0, 0.1) is 18.3 Å². The molecule has 0 saturated heterocycles. The van der Waals surface area contributed by atoms with Crippen LogP contribution < -0.4 is 10.9 Å². The first-order valence-corrected chi connectivity index (χ1v) is 8.26. The lowest BCUT2D eigenvalue weighted by Gasteiger charge is -2.39. The van der Waals surface area contributed by atoms with E-state index in [1.165, 1.54) is 0 Å². The monoisotopic (exact) mass is 335 g/mol. The Balaban J connectivity index is 2.05. The molecule has 0 bridgehead atoms. The molecule has 3 N–H and O–H groups in total. The van der Waals surface area contributed by atoms with E-state index < -0.39 is 5.41 Å². The molecule has 1 aromatic rings. The van der Waals surface area contributed by atoms with Gasteiger partial charge in [0.2, 0.25) is 18.3 Å². The molecule has 0 spiro atoms. The minimum Gasteiger partial charge on any atom is -0.286 e. The summed E-state index contributed by atoms with van der Waals surface area (Å²) in [4.78, 5) is 31.7. The van der Waals surface area contributed by atoms with Crippen LogP contribution >= 0.6 is 0 Å². The van der Waals surface area contributed by atoms with Gasteiger partial charge in [0.25, 0.3) is 0 Å². The van der Waals surface area contributed by atoms with Gasteiger partial charge in [0.1, 0.15) is 0 Å². The number of nitrogens with one attached hydrogen (secondary N) is 2. The number of nitrogens with zero attached hydrogens (tertiary/aromatic N) is 3. The first-order valence-electron chi connectivity index (χ1n) is 8.26. The molecule has 24 heavy (non-hydrogen) atoms. The van der Waals surface area contributed by atoms with Crippen LogP contribution in [0.4, 0.5) is 5.95 Å². The van der Waals surface area contributed by atoms with Gasteiger partial charge < -0.3 is 0 Å². The molecule has 8 nitrogen and oxygen atoms in total. The van der Waals surface area contributed by atoms with Gasteiger partial charge in [-0.3, -0.25) is 25.6 Å². The number of hydrogen-bond donors (Lipinski definition) is 3. The van der Waals surface area contributed by atoms with Crippen molar-refractivity contribution in [3.05, 3.63) is 18.0 Å². The lowest BCUT2D eigenvalue weighted by atomic mass is 9.69. The summed E-state index contributed by atoms with van der Waals surface area (Å²) in [5, 5.41) is 10.2. The minimum absolute atomic E-state index is 0.0187. The molecule has 2 amide bonds. The van der Waals surface area contributed by atoms with Crippen molar-refractivity contribution in [2.45, 2.75) is 46.0 Å². The van der Waals surface area contributed by atoms with Crippen molar-refractivity contribution in [1.29, 1.82) is 0 Å². The average Bonchev–Trinajstić information content (AvgIpc) is 2.60. The van der Waals surface area contributed by atoms with E-state index in [1.54, 1.807) is 12.3 Å². The topological polar surface area (TPSA) is 107 Å². The summed E-state index contributed by atoms with van der Waals surface area (Å²) in [6, 6.07) is 1.76. The van der Waals surface area contributed by atoms with Gasteiger partial charge in [0.05, 0.1) is 12.0 Å². The molecule has 0 aliphatic heterocycles. The Bertz CT molecular complexity index is 573. The van der Waals surface area contributed by atoms with Gasteiger partial charge in [-0.25, -0.2) is 15.0 Å². The molecule has 0 aromatic carbocycles. The Morgan fingerprint density at radius 1 is 1.50 bits per heavy atom. The fraction of sp³-hybridized carbons (Fsp3) is 0.625. The second kappa shape index (κ2) is 8.05. The third kappa shape index (κ3) is 4.41. The first-order chi connectivity index (χ1) is 11.5. The maximum Gasteiger partial charge on any atom is 0.246 e. The maximum atomic E-state index is 12.7. The highest BCUT2D eigenvalue weighted by atomic mass is 16.5. The molecular formula is C16H25N5O3. The van der Waals surface area contributed by atoms with Crippen molar-refractivity contribution in [1.82, 2.24) is 20.5 Å². The summed E-state index contributed by atoms with van der Waals surface area (Å²) in [6.45, 7) is 3.95. The molecular weight excluding hydrogens is 310 g/mol. The molecule has 0 unspecified atom stereocenters. The van der Waals surface area contributed by atoms with Gasteiger partial charge >= 0.3 is 0 Å². The normalized spacial score (nSPS) is 23.4. The zero-order valence-electron chi connectivity index (χ0n) is 14.2. The molecule has 0 atom stereocenters. The second-order valence-electron chi connectivity index (χ2n) is 6.44. The number of carbonyl (C=O) groups is 2. The van der Waals surface area contributed by atoms with Crippen molar-refractivity contribution in [2.75, 3.05) is 12.0 Å². The standard InChI is InChI=1S/C16H25N5O3/c1-3-13-4-7-16(8-5-13,10-21(24)11-22)14(23)19-20-15-17-9-6-12(2)18-15/h6,9,11,13,24H,3-5,7-8,10H2,1-2H3,(H,19,23)(H,17,18,20)/t13-,16-. The van der Waals surface area contributed by atoms with Crippen molar-refractivity contribution < 1.29 is 14.8 Å². The lowest BCUT2D eigenvalue weighted by Crippen LogP contribution is -2.51. The molecule has 2 rings (SSSR count). The van der Waals surface area contributed by atoms with Gasteiger partial charge in [-0.2, -0.15) is 0 Å². The third-order valence-electron chi connectivity index (χ3n) is 4.79. The molecule has 1 aromatic heterocycles. The summed E-state index contributed by atoms with van der Waals surface area (Å²) in [5.41, 5.74) is 5.32. The van der Waals surface area contributed by atoms with E-state index in [4.69, 9.17) is 0 Å². The highest BCUT2D eigenvalue weighted by Crippen LogP contribution is 2.40.